The van der Waals surface area contributed by atoms with Crippen LogP contribution in [-0.4, -0.2) is 38.2 Å². The first-order valence-corrected chi connectivity index (χ1v) is 11.7. The molecule has 142 valence electrons. The number of rotatable bonds is 1. The standard InChI is InChI=1S/C21H29NO2S2/c1-14-15(2)23-20(16-10-6-5-7-11-16)22(14)19(3,4)21(26-20)24-17-12-8-9-13-18(17)25-21/h5-7,10-11,14-15,17-18H,8-9,12-13H2,1-4H3/t14-,15+,17+,18-,20+,21+/m0/s1. The highest BCUT2D eigenvalue weighted by Crippen LogP contribution is 2.73. The third kappa shape index (κ3) is 2.21. The van der Waals surface area contributed by atoms with Gasteiger partial charge in [0.25, 0.3) is 0 Å². The van der Waals surface area contributed by atoms with Gasteiger partial charge < -0.3 is 9.47 Å². The van der Waals surface area contributed by atoms with Gasteiger partial charge in [0.15, 0.2) is 4.27 Å². The summed E-state index contributed by atoms with van der Waals surface area (Å²) in [6.07, 6.45) is 5.76. The Hall–Kier alpha value is -0.200. The Morgan fingerprint density at radius 1 is 1.04 bits per heavy atom. The van der Waals surface area contributed by atoms with E-state index >= 15 is 0 Å². The molecule has 0 amide bonds. The first kappa shape index (κ1) is 17.9. The third-order valence-corrected chi connectivity index (χ3v) is 10.7. The summed E-state index contributed by atoms with van der Waals surface area (Å²) in [5.74, 6) is 0. The lowest BCUT2D eigenvalue weighted by Crippen LogP contribution is -2.56. The molecule has 1 saturated carbocycles. The zero-order valence-electron chi connectivity index (χ0n) is 16.1. The lowest BCUT2D eigenvalue weighted by Gasteiger charge is -2.42. The minimum atomic E-state index is -0.454. The summed E-state index contributed by atoms with van der Waals surface area (Å²) in [5, 5.41) is 0.181. The molecular formula is C21H29NO2S2. The molecule has 0 bridgehead atoms. The monoisotopic (exact) mass is 391 g/mol. The summed E-state index contributed by atoms with van der Waals surface area (Å²) >= 11 is 4.00. The summed E-state index contributed by atoms with van der Waals surface area (Å²) in [4.78, 5) is 2.61. The van der Waals surface area contributed by atoms with Crippen LogP contribution >= 0.6 is 23.5 Å². The Balaban J connectivity index is 1.61. The molecule has 0 aromatic heterocycles. The van der Waals surface area contributed by atoms with Gasteiger partial charge in [-0.05, 0) is 40.5 Å². The summed E-state index contributed by atoms with van der Waals surface area (Å²) < 4.78 is 13.4. The van der Waals surface area contributed by atoms with E-state index in [1.165, 1.54) is 31.2 Å². The van der Waals surface area contributed by atoms with Gasteiger partial charge in [-0.15, -0.1) is 11.8 Å². The maximum absolute atomic E-state index is 6.90. The summed E-state index contributed by atoms with van der Waals surface area (Å²) in [6, 6.07) is 11.1. The van der Waals surface area contributed by atoms with E-state index in [1.54, 1.807) is 0 Å². The molecule has 4 aliphatic rings. The second kappa shape index (κ2) is 5.90. The maximum atomic E-state index is 6.90. The number of hydrogen-bond donors (Lipinski definition) is 0. The largest absolute Gasteiger partial charge is 0.348 e. The minimum absolute atomic E-state index is 0.111. The predicted molar refractivity (Wildman–Crippen MR) is 109 cm³/mol. The molecule has 1 aliphatic carbocycles. The molecule has 0 N–H and O–H groups in total. The first-order valence-electron chi connectivity index (χ1n) is 9.98. The molecule has 1 spiro atoms. The van der Waals surface area contributed by atoms with E-state index in [2.05, 4.69) is 74.7 Å². The fourth-order valence-electron chi connectivity index (χ4n) is 5.30. The Morgan fingerprint density at radius 2 is 1.77 bits per heavy atom. The topological polar surface area (TPSA) is 21.7 Å². The molecule has 3 nitrogen and oxygen atoms in total. The number of thioether (sulfide) groups is 2. The van der Waals surface area contributed by atoms with E-state index in [0.717, 1.165) is 0 Å². The molecule has 5 heteroatoms. The quantitative estimate of drug-likeness (QED) is 0.657. The van der Waals surface area contributed by atoms with Crippen LogP contribution in [0, 0.1) is 0 Å². The number of nitrogens with zero attached hydrogens (tertiary/aromatic N) is 1. The van der Waals surface area contributed by atoms with Crippen molar-refractivity contribution in [1.29, 1.82) is 0 Å². The van der Waals surface area contributed by atoms with E-state index in [-0.39, 0.29) is 15.9 Å². The summed E-state index contributed by atoms with van der Waals surface area (Å²) in [5.41, 5.74) is 1.13. The van der Waals surface area contributed by atoms with Crippen molar-refractivity contribution in [2.75, 3.05) is 0 Å². The van der Waals surface area contributed by atoms with Crippen LogP contribution < -0.4 is 0 Å². The second-order valence-corrected chi connectivity index (χ2v) is 11.7. The van der Waals surface area contributed by atoms with Gasteiger partial charge in [0.2, 0.25) is 5.06 Å². The molecule has 5 rings (SSSR count). The molecule has 0 radical (unpaired) electrons. The van der Waals surface area contributed by atoms with Gasteiger partial charge in [0.1, 0.15) is 0 Å². The van der Waals surface area contributed by atoms with Gasteiger partial charge in [-0.25, -0.2) is 4.90 Å². The van der Waals surface area contributed by atoms with E-state index in [0.29, 0.717) is 17.4 Å². The average Bonchev–Trinajstić information content (AvgIpc) is 3.18. The van der Waals surface area contributed by atoms with E-state index in [1.807, 2.05) is 11.8 Å². The van der Waals surface area contributed by atoms with Crippen LogP contribution in [0.2, 0.25) is 0 Å². The number of ether oxygens (including phenoxy) is 2. The SMILES string of the molecule is C[C@H]1O[C@]2(c3ccccc3)S[C@@]3(O[C@@H]4CCCC[C@@H]4S3)C(C)(C)N2[C@H]1C. The van der Waals surface area contributed by atoms with Crippen molar-refractivity contribution >= 4 is 23.5 Å². The Kier molecular flexibility index (Phi) is 4.05. The fraction of sp³-hybridized carbons (Fsp3) is 0.714. The van der Waals surface area contributed by atoms with E-state index in [9.17, 15) is 0 Å². The summed E-state index contributed by atoms with van der Waals surface area (Å²) in [6.45, 7) is 9.25. The normalized spacial score (nSPS) is 47.2. The van der Waals surface area contributed by atoms with Gasteiger partial charge in [-0.2, -0.15) is 0 Å². The Bertz CT molecular complexity index is 683. The summed E-state index contributed by atoms with van der Waals surface area (Å²) in [7, 11) is 0. The molecule has 3 saturated heterocycles. The van der Waals surface area contributed by atoms with Crippen molar-refractivity contribution < 1.29 is 9.47 Å². The number of benzene rings is 1. The van der Waals surface area contributed by atoms with E-state index < -0.39 is 5.06 Å². The van der Waals surface area contributed by atoms with Crippen molar-refractivity contribution in [3.63, 3.8) is 0 Å². The number of fused-ring (bicyclic) bond motifs is 2. The van der Waals surface area contributed by atoms with Crippen LogP contribution in [0.1, 0.15) is 58.9 Å². The molecule has 0 unspecified atom stereocenters. The fourth-order valence-corrected chi connectivity index (χ4v) is 9.63. The van der Waals surface area contributed by atoms with Gasteiger partial charge in [0.05, 0.1) is 17.7 Å². The van der Waals surface area contributed by atoms with Crippen LogP contribution in [0.5, 0.6) is 0 Å². The Morgan fingerprint density at radius 3 is 2.50 bits per heavy atom. The lowest BCUT2D eigenvalue weighted by atomic mass is 9.96. The van der Waals surface area contributed by atoms with Crippen LogP contribution in [0.25, 0.3) is 0 Å². The number of hydrogen-bond acceptors (Lipinski definition) is 5. The average molecular weight is 392 g/mol. The zero-order valence-corrected chi connectivity index (χ0v) is 17.7. The molecule has 1 aromatic rings. The predicted octanol–water partition coefficient (Wildman–Crippen LogP) is 5.16. The highest BCUT2D eigenvalue weighted by Gasteiger charge is 2.75. The zero-order chi connectivity index (χ0) is 18.2. The molecule has 3 aliphatic heterocycles. The van der Waals surface area contributed by atoms with Gasteiger partial charge >= 0.3 is 0 Å². The van der Waals surface area contributed by atoms with Gasteiger partial charge in [-0.3, -0.25) is 0 Å². The molecule has 1 aromatic carbocycles. The van der Waals surface area contributed by atoms with Gasteiger partial charge in [-0.1, -0.05) is 54.9 Å². The van der Waals surface area contributed by atoms with Crippen LogP contribution in [0.4, 0.5) is 0 Å². The van der Waals surface area contributed by atoms with Crippen LogP contribution in [-0.2, 0) is 14.5 Å². The highest BCUT2D eigenvalue weighted by molar-refractivity contribution is 8.19. The van der Waals surface area contributed by atoms with Crippen molar-refractivity contribution in [3.05, 3.63) is 35.9 Å². The Labute approximate surface area is 165 Å². The second-order valence-electron chi connectivity index (χ2n) is 8.70. The first-order chi connectivity index (χ1) is 12.4. The van der Waals surface area contributed by atoms with Crippen LogP contribution in [0.15, 0.2) is 30.3 Å². The molecule has 6 atom stereocenters. The maximum Gasteiger partial charge on any atom is 0.201 e. The smallest absolute Gasteiger partial charge is 0.201 e. The molecular weight excluding hydrogens is 362 g/mol. The van der Waals surface area contributed by atoms with Crippen molar-refractivity contribution in [3.8, 4) is 0 Å². The van der Waals surface area contributed by atoms with Crippen molar-refractivity contribution in [2.45, 2.75) is 91.7 Å². The van der Waals surface area contributed by atoms with Crippen molar-refractivity contribution in [1.82, 2.24) is 4.90 Å². The molecule has 4 fully saturated rings. The highest BCUT2D eigenvalue weighted by atomic mass is 32.2. The third-order valence-electron chi connectivity index (χ3n) is 6.77. The van der Waals surface area contributed by atoms with Crippen LogP contribution in [0.3, 0.4) is 0 Å². The molecule has 26 heavy (non-hydrogen) atoms. The lowest BCUT2D eigenvalue weighted by molar-refractivity contribution is -0.0890. The van der Waals surface area contributed by atoms with Gasteiger partial charge in [0, 0.05) is 16.9 Å². The van der Waals surface area contributed by atoms with E-state index in [4.69, 9.17) is 9.47 Å². The molecule has 3 heterocycles. The van der Waals surface area contributed by atoms with Crippen molar-refractivity contribution in [2.24, 2.45) is 0 Å². The minimum Gasteiger partial charge on any atom is -0.348 e.